The number of nitrogens with zero attached hydrogens (tertiary/aromatic N) is 2. The van der Waals surface area contributed by atoms with E-state index < -0.39 is 0 Å². The monoisotopic (exact) mass is 306 g/mol. The van der Waals surface area contributed by atoms with Crippen LogP contribution in [0, 0.1) is 0 Å². The number of hydrogen-bond acceptors (Lipinski definition) is 4. The second-order valence-corrected chi connectivity index (χ2v) is 6.22. The molecule has 1 heterocycles. The fourth-order valence-corrected chi connectivity index (χ4v) is 2.95. The molecule has 0 aliphatic carbocycles. The van der Waals surface area contributed by atoms with E-state index in [1.807, 2.05) is 19.1 Å². The number of nitrogens with one attached hydrogen (secondary N) is 2. The van der Waals surface area contributed by atoms with E-state index in [0.717, 1.165) is 23.0 Å². The van der Waals surface area contributed by atoms with Crippen LogP contribution in [0.3, 0.4) is 0 Å². The molecule has 0 saturated carbocycles. The minimum Gasteiger partial charge on any atom is -0.310 e. The third-order valence-corrected chi connectivity index (χ3v) is 4.16. The van der Waals surface area contributed by atoms with Gasteiger partial charge in [0.05, 0.1) is 0 Å². The Morgan fingerprint density at radius 3 is 2.86 bits per heavy atom. The molecule has 1 aromatic carbocycles. The number of aromatic nitrogens is 3. The molecule has 21 heavy (non-hydrogen) atoms. The summed E-state index contributed by atoms with van der Waals surface area (Å²) in [5.74, 6) is 0. The van der Waals surface area contributed by atoms with Gasteiger partial charge in [-0.1, -0.05) is 39.0 Å². The van der Waals surface area contributed by atoms with Crippen LogP contribution in [-0.4, -0.2) is 20.8 Å². The van der Waals surface area contributed by atoms with Crippen molar-refractivity contribution < 1.29 is 0 Å². The van der Waals surface area contributed by atoms with Crippen LogP contribution in [0.2, 0.25) is 0 Å². The molecule has 5 nitrogen and oxygen atoms in total. The Hall–Kier alpha value is -1.53. The van der Waals surface area contributed by atoms with Crippen molar-refractivity contribution in [2.24, 2.45) is 0 Å². The van der Waals surface area contributed by atoms with Gasteiger partial charge in [-0.2, -0.15) is 0 Å². The lowest BCUT2D eigenvalue weighted by Gasteiger charge is -2.12. The smallest absolute Gasteiger partial charge is 0.310 e. The summed E-state index contributed by atoms with van der Waals surface area (Å²) in [6.07, 6.45) is 0.906. The van der Waals surface area contributed by atoms with Gasteiger partial charge < -0.3 is 5.32 Å². The fraction of sp³-hybridized carbons (Fsp3) is 0.467. The van der Waals surface area contributed by atoms with E-state index in [1.54, 1.807) is 4.57 Å². The Kier molecular flexibility index (Phi) is 5.64. The number of hydrogen-bond donors (Lipinski definition) is 2. The molecule has 0 unspecified atom stereocenters. The van der Waals surface area contributed by atoms with Crippen LogP contribution in [0.15, 0.2) is 39.1 Å². The highest BCUT2D eigenvalue weighted by Gasteiger charge is 2.11. The van der Waals surface area contributed by atoms with E-state index in [2.05, 4.69) is 41.5 Å². The predicted octanol–water partition coefficient (Wildman–Crippen LogP) is 2.63. The second-order valence-electron chi connectivity index (χ2n) is 5.21. The normalized spacial score (nSPS) is 11.2. The number of benzene rings is 1. The number of rotatable bonds is 7. The predicted molar refractivity (Wildman–Crippen MR) is 85.7 cm³/mol. The van der Waals surface area contributed by atoms with E-state index in [4.69, 9.17) is 0 Å². The summed E-state index contributed by atoms with van der Waals surface area (Å²) in [7, 11) is 0. The molecule has 1 aromatic heterocycles. The molecule has 0 bridgehead atoms. The Morgan fingerprint density at radius 1 is 1.38 bits per heavy atom. The van der Waals surface area contributed by atoms with Crippen molar-refractivity contribution in [1.29, 1.82) is 0 Å². The summed E-state index contributed by atoms with van der Waals surface area (Å²) in [4.78, 5) is 12.9. The first-order valence-corrected chi connectivity index (χ1v) is 8.07. The average Bonchev–Trinajstić information content (AvgIpc) is 2.80. The molecule has 0 radical (unpaired) electrons. The molecule has 0 atom stereocenters. The zero-order valence-corrected chi connectivity index (χ0v) is 13.5. The van der Waals surface area contributed by atoms with Crippen LogP contribution in [0.4, 0.5) is 0 Å². The van der Waals surface area contributed by atoms with Crippen molar-refractivity contribution in [3.05, 3.63) is 40.3 Å². The minimum atomic E-state index is -0.142. The minimum absolute atomic E-state index is 0.142. The van der Waals surface area contributed by atoms with Gasteiger partial charge in [0.25, 0.3) is 0 Å². The van der Waals surface area contributed by atoms with Crippen molar-refractivity contribution in [3.63, 3.8) is 0 Å². The van der Waals surface area contributed by atoms with Crippen LogP contribution in [-0.2, 0) is 13.1 Å². The fourth-order valence-electron chi connectivity index (χ4n) is 1.96. The summed E-state index contributed by atoms with van der Waals surface area (Å²) in [5.41, 5.74) is 1.08. The maximum absolute atomic E-state index is 11.7. The topological polar surface area (TPSA) is 62.7 Å². The van der Waals surface area contributed by atoms with E-state index in [1.165, 1.54) is 17.3 Å². The Labute approximate surface area is 129 Å². The van der Waals surface area contributed by atoms with E-state index in [9.17, 15) is 4.79 Å². The van der Waals surface area contributed by atoms with Crippen LogP contribution >= 0.6 is 11.8 Å². The summed E-state index contributed by atoms with van der Waals surface area (Å²) in [6, 6.07) is 8.65. The van der Waals surface area contributed by atoms with Crippen LogP contribution < -0.4 is 11.0 Å². The third-order valence-electron chi connectivity index (χ3n) is 3.05. The molecule has 2 N–H and O–H groups in total. The van der Waals surface area contributed by atoms with Crippen LogP contribution in [0.25, 0.3) is 0 Å². The third kappa shape index (κ3) is 4.22. The van der Waals surface area contributed by atoms with Crippen molar-refractivity contribution in [3.8, 4) is 0 Å². The standard InChI is InChI=1S/C15H22N4OS/c1-4-9-19-14(20)17-18-15(19)21-13-8-6-5-7-12(13)10-16-11(2)3/h5-8,11,16H,4,9-10H2,1-3H3,(H,17,20). The Morgan fingerprint density at radius 2 is 2.14 bits per heavy atom. The van der Waals surface area contributed by atoms with Gasteiger partial charge in [0.1, 0.15) is 0 Å². The maximum Gasteiger partial charge on any atom is 0.343 e. The Bertz CT molecular complexity index is 633. The number of aromatic amines is 1. The molecule has 0 amide bonds. The van der Waals surface area contributed by atoms with Crippen LogP contribution in [0.1, 0.15) is 32.8 Å². The molecule has 6 heteroatoms. The molecular formula is C15H22N4OS. The molecule has 114 valence electrons. The quantitative estimate of drug-likeness (QED) is 0.825. The lowest BCUT2D eigenvalue weighted by atomic mass is 10.2. The zero-order chi connectivity index (χ0) is 15.2. The van der Waals surface area contributed by atoms with Gasteiger partial charge in [-0.25, -0.2) is 9.89 Å². The SMILES string of the molecule is CCCn1c(Sc2ccccc2CNC(C)C)n[nH]c1=O. The molecule has 0 aliphatic heterocycles. The second kappa shape index (κ2) is 7.47. The van der Waals surface area contributed by atoms with Crippen molar-refractivity contribution in [2.75, 3.05) is 0 Å². The number of H-pyrrole nitrogens is 1. The Balaban J connectivity index is 2.21. The van der Waals surface area contributed by atoms with Gasteiger partial charge >= 0.3 is 5.69 Å². The molecule has 0 spiro atoms. The molecule has 0 fully saturated rings. The zero-order valence-electron chi connectivity index (χ0n) is 12.7. The summed E-state index contributed by atoms with van der Waals surface area (Å²) < 4.78 is 1.69. The molecule has 2 aromatic rings. The summed E-state index contributed by atoms with van der Waals surface area (Å²) in [5, 5.41) is 10.8. The lowest BCUT2D eigenvalue weighted by Crippen LogP contribution is -2.22. The van der Waals surface area contributed by atoms with Gasteiger partial charge in [0.15, 0.2) is 5.16 Å². The largest absolute Gasteiger partial charge is 0.343 e. The molecule has 0 saturated heterocycles. The van der Waals surface area contributed by atoms with Gasteiger partial charge in [-0.05, 0) is 29.8 Å². The van der Waals surface area contributed by atoms with Crippen molar-refractivity contribution >= 4 is 11.8 Å². The highest BCUT2D eigenvalue weighted by atomic mass is 32.2. The van der Waals surface area contributed by atoms with Crippen LogP contribution in [0.5, 0.6) is 0 Å². The molecular weight excluding hydrogens is 284 g/mol. The van der Waals surface area contributed by atoms with E-state index >= 15 is 0 Å². The van der Waals surface area contributed by atoms with Crippen molar-refractivity contribution in [2.45, 2.75) is 56.4 Å². The summed E-state index contributed by atoms with van der Waals surface area (Å²) in [6.45, 7) is 7.80. The van der Waals surface area contributed by atoms with Gasteiger partial charge in [-0.15, -0.1) is 5.10 Å². The van der Waals surface area contributed by atoms with Gasteiger partial charge in [0, 0.05) is 24.0 Å². The van der Waals surface area contributed by atoms with Gasteiger partial charge in [0.2, 0.25) is 0 Å². The van der Waals surface area contributed by atoms with Gasteiger partial charge in [-0.3, -0.25) is 4.57 Å². The summed E-state index contributed by atoms with van der Waals surface area (Å²) >= 11 is 1.53. The van der Waals surface area contributed by atoms with Crippen molar-refractivity contribution in [1.82, 2.24) is 20.1 Å². The molecule has 2 rings (SSSR count). The average molecular weight is 306 g/mol. The highest BCUT2D eigenvalue weighted by molar-refractivity contribution is 7.99. The first-order chi connectivity index (χ1) is 10.1. The first kappa shape index (κ1) is 15.9. The molecule has 0 aliphatic rings. The highest BCUT2D eigenvalue weighted by Crippen LogP contribution is 2.28. The van der Waals surface area contributed by atoms with E-state index in [0.29, 0.717) is 12.6 Å². The van der Waals surface area contributed by atoms with E-state index in [-0.39, 0.29) is 5.69 Å². The first-order valence-electron chi connectivity index (χ1n) is 7.26. The maximum atomic E-state index is 11.7. The lowest BCUT2D eigenvalue weighted by molar-refractivity contribution is 0.584.